The highest BCUT2D eigenvalue weighted by Gasteiger charge is 2.21. The maximum atomic E-state index is 12.5. The van der Waals surface area contributed by atoms with E-state index in [9.17, 15) is 4.79 Å². The lowest BCUT2D eigenvalue weighted by Crippen LogP contribution is -2.30. The first-order valence-corrected chi connectivity index (χ1v) is 9.07. The number of likely N-dealkylation sites (tertiary alicyclic amines) is 1. The Balaban J connectivity index is 1.40. The van der Waals surface area contributed by atoms with Crippen LogP contribution in [0.1, 0.15) is 27.9 Å². The molecular weight excluding hydrogens is 310 g/mol. The van der Waals surface area contributed by atoms with Crippen molar-refractivity contribution in [1.82, 2.24) is 10.2 Å². The van der Waals surface area contributed by atoms with Crippen molar-refractivity contribution in [2.75, 3.05) is 31.6 Å². The fraction of sp³-hybridized carbons (Fsp3) is 0.381. The number of benzene rings is 2. The monoisotopic (exact) mass is 335 g/mol. The molecule has 0 spiro atoms. The Labute approximate surface area is 149 Å². The molecule has 4 rings (SSSR count). The van der Waals surface area contributed by atoms with Crippen molar-refractivity contribution in [2.45, 2.75) is 19.5 Å². The molecule has 1 N–H and O–H groups in total. The summed E-state index contributed by atoms with van der Waals surface area (Å²) in [6.45, 7) is 4.80. The van der Waals surface area contributed by atoms with E-state index in [-0.39, 0.29) is 5.91 Å². The van der Waals surface area contributed by atoms with E-state index in [2.05, 4.69) is 52.5 Å². The number of carbonyl (C=O) groups is 1. The topological polar surface area (TPSA) is 35.6 Å². The Kier molecular flexibility index (Phi) is 4.45. The van der Waals surface area contributed by atoms with Crippen molar-refractivity contribution >= 4 is 11.6 Å². The highest BCUT2D eigenvalue weighted by molar-refractivity contribution is 5.95. The van der Waals surface area contributed by atoms with E-state index in [0.717, 1.165) is 44.0 Å². The molecule has 4 nitrogen and oxygen atoms in total. The van der Waals surface area contributed by atoms with Gasteiger partial charge < -0.3 is 15.1 Å². The lowest BCUT2D eigenvalue weighted by Gasteiger charge is -2.19. The molecule has 0 saturated carbocycles. The van der Waals surface area contributed by atoms with Crippen LogP contribution in [-0.4, -0.2) is 37.5 Å². The first-order valence-electron chi connectivity index (χ1n) is 9.07. The van der Waals surface area contributed by atoms with Gasteiger partial charge in [-0.1, -0.05) is 30.3 Å². The quantitative estimate of drug-likeness (QED) is 0.933. The van der Waals surface area contributed by atoms with E-state index in [0.29, 0.717) is 5.92 Å². The molecule has 2 aromatic carbocycles. The molecule has 2 aromatic rings. The molecule has 4 heteroatoms. The smallest absolute Gasteiger partial charge is 0.251 e. The zero-order valence-corrected chi connectivity index (χ0v) is 14.7. The maximum Gasteiger partial charge on any atom is 0.251 e. The number of anilines is 1. The zero-order valence-electron chi connectivity index (χ0n) is 14.7. The third kappa shape index (κ3) is 3.54. The number of nitrogens with zero attached hydrogens (tertiary/aromatic N) is 2. The average Bonchev–Trinajstić information content (AvgIpc) is 3.25. The average molecular weight is 335 g/mol. The van der Waals surface area contributed by atoms with Gasteiger partial charge in [-0.05, 0) is 55.3 Å². The minimum absolute atomic E-state index is 0.0353. The molecule has 1 atom stereocenters. The van der Waals surface area contributed by atoms with Crippen LogP contribution in [-0.2, 0) is 13.1 Å². The highest BCUT2D eigenvalue weighted by Crippen LogP contribution is 2.28. The summed E-state index contributed by atoms with van der Waals surface area (Å²) in [5, 5.41) is 3.11. The second kappa shape index (κ2) is 6.89. The molecule has 0 aliphatic carbocycles. The van der Waals surface area contributed by atoms with Crippen molar-refractivity contribution in [1.29, 1.82) is 0 Å². The summed E-state index contributed by atoms with van der Waals surface area (Å²) in [5.74, 6) is 0.610. The molecule has 0 aromatic heterocycles. The van der Waals surface area contributed by atoms with Gasteiger partial charge in [0.1, 0.15) is 0 Å². The predicted octanol–water partition coefficient (Wildman–Crippen LogP) is 2.89. The first kappa shape index (κ1) is 16.2. The summed E-state index contributed by atoms with van der Waals surface area (Å²) in [4.78, 5) is 17.2. The lowest BCUT2D eigenvalue weighted by atomic mass is 10.1. The second-order valence-corrected chi connectivity index (χ2v) is 7.30. The SMILES string of the molecule is CN1CCC(CNC(=O)c2cccc(N3Cc4ccccc4C3)c2)C1. The van der Waals surface area contributed by atoms with Crippen molar-refractivity contribution < 1.29 is 4.79 Å². The van der Waals surface area contributed by atoms with Crippen molar-refractivity contribution in [2.24, 2.45) is 5.92 Å². The Bertz CT molecular complexity index is 748. The Morgan fingerprint density at radius 3 is 2.56 bits per heavy atom. The van der Waals surface area contributed by atoms with Gasteiger partial charge in [-0.3, -0.25) is 4.79 Å². The highest BCUT2D eigenvalue weighted by atomic mass is 16.1. The van der Waals surface area contributed by atoms with Crippen LogP contribution >= 0.6 is 0 Å². The van der Waals surface area contributed by atoms with E-state index < -0.39 is 0 Å². The number of carbonyl (C=O) groups excluding carboxylic acids is 1. The molecule has 130 valence electrons. The summed E-state index contributed by atoms with van der Waals surface area (Å²) in [6.07, 6.45) is 1.17. The van der Waals surface area contributed by atoms with Gasteiger partial charge in [-0.25, -0.2) is 0 Å². The van der Waals surface area contributed by atoms with Crippen LogP contribution in [0.4, 0.5) is 5.69 Å². The molecule has 0 bridgehead atoms. The van der Waals surface area contributed by atoms with Gasteiger partial charge >= 0.3 is 0 Å². The van der Waals surface area contributed by atoms with Gasteiger partial charge in [-0.15, -0.1) is 0 Å². The normalized spacial score (nSPS) is 19.9. The van der Waals surface area contributed by atoms with Gasteiger partial charge in [0.05, 0.1) is 0 Å². The van der Waals surface area contributed by atoms with Gasteiger partial charge in [0.25, 0.3) is 5.91 Å². The van der Waals surface area contributed by atoms with Crippen LogP contribution < -0.4 is 10.2 Å². The summed E-state index contributed by atoms with van der Waals surface area (Å²) >= 11 is 0. The third-order valence-electron chi connectivity index (χ3n) is 5.35. The van der Waals surface area contributed by atoms with Crippen LogP contribution in [0.5, 0.6) is 0 Å². The molecule has 0 radical (unpaired) electrons. The zero-order chi connectivity index (χ0) is 17.2. The van der Waals surface area contributed by atoms with Crippen LogP contribution in [0.15, 0.2) is 48.5 Å². The van der Waals surface area contributed by atoms with Crippen LogP contribution in [0.25, 0.3) is 0 Å². The summed E-state index contributed by atoms with van der Waals surface area (Å²) in [7, 11) is 2.14. The number of rotatable bonds is 4. The number of hydrogen-bond donors (Lipinski definition) is 1. The summed E-state index contributed by atoms with van der Waals surface area (Å²) in [5.41, 5.74) is 4.62. The number of fused-ring (bicyclic) bond motifs is 1. The molecule has 25 heavy (non-hydrogen) atoms. The van der Waals surface area contributed by atoms with Crippen LogP contribution in [0.2, 0.25) is 0 Å². The molecular formula is C21H25N3O. The Morgan fingerprint density at radius 2 is 1.88 bits per heavy atom. The summed E-state index contributed by atoms with van der Waals surface area (Å²) in [6, 6.07) is 16.5. The molecule has 2 aliphatic heterocycles. The standard InChI is InChI=1S/C21H25N3O/c1-23-10-9-16(13-23)12-22-21(25)17-7-4-8-20(11-17)24-14-18-5-2-3-6-19(18)15-24/h2-8,11,16H,9-10,12-15H2,1H3,(H,22,25). The maximum absolute atomic E-state index is 12.5. The van der Waals surface area contributed by atoms with Crippen molar-refractivity contribution in [3.8, 4) is 0 Å². The van der Waals surface area contributed by atoms with E-state index in [4.69, 9.17) is 0 Å². The third-order valence-corrected chi connectivity index (χ3v) is 5.35. The van der Waals surface area contributed by atoms with Gasteiger partial charge in [-0.2, -0.15) is 0 Å². The minimum atomic E-state index is 0.0353. The van der Waals surface area contributed by atoms with Gasteiger partial charge in [0.2, 0.25) is 0 Å². The van der Waals surface area contributed by atoms with E-state index in [1.165, 1.54) is 17.5 Å². The molecule has 1 saturated heterocycles. The number of hydrogen-bond acceptors (Lipinski definition) is 3. The molecule has 2 heterocycles. The lowest BCUT2D eigenvalue weighted by molar-refractivity contribution is 0.0947. The second-order valence-electron chi connectivity index (χ2n) is 7.30. The molecule has 2 aliphatic rings. The minimum Gasteiger partial charge on any atom is -0.363 e. The fourth-order valence-corrected chi connectivity index (χ4v) is 3.89. The Hall–Kier alpha value is -2.33. The molecule has 1 amide bonds. The molecule has 1 unspecified atom stereocenters. The van der Waals surface area contributed by atoms with Gasteiger partial charge in [0, 0.05) is 37.4 Å². The van der Waals surface area contributed by atoms with E-state index in [1.807, 2.05) is 18.2 Å². The summed E-state index contributed by atoms with van der Waals surface area (Å²) < 4.78 is 0. The van der Waals surface area contributed by atoms with Crippen LogP contribution in [0.3, 0.4) is 0 Å². The van der Waals surface area contributed by atoms with Crippen molar-refractivity contribution in [3.05, 3.63) is 65.2 Å². The predicted molar refractivity (Wildman–Crippen MR) is 101 cm³/mol. The van der Waals surface area contributed by atoms with Gasteiger partial charge in [0.15, 0.2) is 0 Å². The number of amides is 1. The Morgan fingerprint density at radius 1 is 1.12 bits per heavy atom. The van der Waals surface area contributed by atoms with E-state index >= 15 is 0 Å². The van der Waals surface area contributed by atoms with Crippen LogP contribution in [0, 0.1) is 5.92 Å². The number of nitrogens with one attached hydrogen (secondary N) is 1. The fourth-order valence-electron chi connectivity index (χ4n) is 3.89. The molecule has 1 fully saturated rings. The van der Waals surface area contributed by atoms with E-state index in [1.54, 1.807) is 0 Å². The van der Waals surface area contributed by atoms with Crippen molar-refractivity contribution in [3.63, 3.8) is 0 Å². The largest absolute Gasteiger partial charge is 0.363 e. The first-order chi connectivity index (χ1) is 12.2.